The van der Waals surface area contributed by atoms with Crippen LogP contribution in [-0.4, -0.2) is 53.4 Å². The van der Waals surface area contributed by atoms with Crippen molar-refractivity contribution in [1.82, 2.24) is 10.2 Å². The molecule has 1 aromatic rings. The van der Waals surface area contributed by atoms with Gasteiger partial charge in [0.1, 0.15) is 18.0 Å². The van der Waals surface area contributed by atoms with Crippen molar-refractivity contribution >= 4 is 0 Å². The SMILES string of the molecule is Cc1cccc(O[C@@H]2CCC[C@H](NC3CCN(C(C)C)CC3)[C@H]2O)c1. The second-order valence-electron chi connectivity index (χ2n) is 8.07. The molecule has 2 aliphatic rings. The summed E-state index contributed by atoms with van der Waals surface area (Å²) in [5.74, 6) is 0.870. The Labute approximate surface area is 152 Å². The highest BCUT2D eigenvalue weighted by Gasteiger charge is 2.35. The molecule has 2 N–H and O–H groups in total. The highest BCUT2D eigenvalue weighted by Crippen LogP contribution is 2.26. The molecule has 1 saturated carbocycles. The molecular formula is C21H34N2O2. The van der Waals surface area contributed by atoms with Gasteiger partial charge in [-0.15, -0.1) is 0 Å². The molecule has 0 spiro atoms. The lowest BCUT2D eigenvalue weighted by Crippen LogP contribution is -2.56. The molecule has 0 aromatic heterocycles. The van der Waals surface area contributed by atoms with E-state index in [4.69, 9.17) is 4.74 Å². The number of ether oxygens (including phenoxy) is 1. The number of aliphatic hydroxyl groups excluding tert-OH is 1. The zero-order valence-electron chi connectivity index (χ0n) is 15.9. The summed E-state index contributed by atoms with van der Waals surface area (Å²) in [7, 11) is 0. The number of hydrogen-bond donors (Lipinski definition) is 2. The molecule has 3 atom stereocenters. The first kappa shape index (κ1) is 18.7. The van der Waals surface area contributed by atoms with Gasteiger partial charge in [0.25, 0.3) is 0 Å². The molecule has 1 aromatic carbocycles. The number of aliphatic hydroxyl groups is 1. The van der Waals surface area contributed by atoms with E-state index < -0.39 is 6.10 Å². The van der Waals surface area contributed by atoms with E-state index in [9.17, 15) is 5.11 Å². The van der Waals surface area contributed by atoms with Crippen molar-refractivity contribution < 1.29 is 9.84 Å². The molecule has 1 aliphatic heterocycles. The third-order valence-electron chi connectivity index (χ3n) is 5.78. The number of piperidine rings is 1. The third kappa shape index (κ3) is 4.96. The number of hydrogen-bond acceptors (Lipinski definition) is 4. The van der Waals surface area contributed by atoms with Crippen molar-refractivity contribution in [1.29, 1.82) is 0 Å². The average molecular weight is 347 g/mol. The van der Waals surface area contributed by atoms with Gasteiger partial charge in [-0.3, -0.25) is 0 Å². The summed E-state index contributed by atoms with van der Waals surface area (Å²) < 4.78 is 6.12. The fourth-order valence-electron chi connectivity index (χ4n) is 4.20. The Morgan fingerprint density at radius 3 is 2.60 bits per heavy atom. The van der Waals surface area contributed by atoms with Crippen LogP contribution in [0.1, 0.15) is 51.5 Å². The van der Waals surface area contributed by atoms with Crippen LogP contribution in [-0.2, 0) is 0 Å². The van der Waals surface area contributed by atoms with E-state index in [1.807, 2.05) is 18.2 Å². The van der Waals surface area contributed by atoms with Gasteiger partial charge in [0.2, 0.25) is 0 Å². The Hall–Kier alpha value is -1.10. The van der Waals surface area contributed by atoms with Crippen molar-refractivity contribution in [3.05, 3.63) is 29.8 Å². The summed E-state index contributed by atoms with van der Waals surface area (Å²) in [6, 6.07) is 9.42. The Balaban J connectivity index is 1.53. The van der Waals surface area contributed by atoms with Crippen molar-refractivity contribution in [2.75, 3.05) is 13.1 Å². The number of nitrogens with zero attached hydrogens (tertiary/aromatic N) is 1. The second kappa shape index (κ2) is 8.52. The summed E-state index contributed by atoms with van der Waals surface area (Å²) in [5.41, 5.74) is 1.19. The van der Waals surface area contributed by atoms with Gasteiger partial charge in [0.15, 0.2) is 0 Å². The number of likely N-dealkylation sites (tertiary alicyclic amines) is 1. The van der Waals surface area contributed by atoms with Crippen molar-refractivity contribution in [2.45, 2.75) is 83.2 Å². The average Bonchev–Trinajstić information content (AvgIpc) is 2.59. The summed E-state index contributed by atoms with van der Waals surface area (Å²) in [6.07, 6.45) is 4.88. The summed E-state index contributed by atoms with van der Waals surface area (Å²) in [6.45, 7) is 8.92. The quantitative estimate of drug-likeness (QED) is 0.860. The van der Waals surface area contributed by atoms with E-state index in [1.54, 1.807) is 0 Å². The third-order valence-corrected chi connectivity index (χ3v) is 5.78. The topological polar surface area (TPSA) is 44.7 Å². The van der Waals surface area contributed by atoms with Crippen LogP contribution in [0.5, 0.6) is 5.75 Å². The maximum atomic E-state index is 10.8. The van der Waals surface area contributed by atoms with E-state index >= 15 is 0 Å². The predicted molar refractivity (Wildman–Crippen MR) is 102 cm³/mol. The molecule has 1 saturated heterocycles. The van der Waals surface area contributed by atoms with Gasteiger partial charge in [-0.25, -0.2) is 0 Å². The first-order valence-electron chi connectivity index (χ1n) is 9.94. The number of aryl methyl sites for hydroxylation is 1. The molecule has 0 radical (unpaired) electrons. The van der Waals surface area contributed by atoms with E-state index in [0.29, 0.717) is 12.1 Å². The lowest BCUT2D eigenvalue weighted by Gasteiger charge is -2.40. The normalized spacial score (nSPS) is 29.1. The van der Waals surface area contributed by atoms with E-state index in [0.717, 1.165) is 38.1 Å². The summed E-state index contributed by atoms with van der Waals surface area (Å²) in [4.78, 5) is 2.54. The lowest BCUT2D eigenvalue weighted by molar-refractivity contribution is -0.0204. The molecule has 0 unspecified atom stereocenters. The van der Waals surface area contributed by atoms with Gasteiger partial charge in [0.05, 0.1) is 0 Å². The molecule has 4 heteroatoms. The van der Waals surface area contributed by atoms with Gasteiger partial charge < -0.3 is 20.1 Å². The fraction of sp³-hybridized carbons (Fsp3) is 0.714. The van der Waals surface area contributed by atoms with E-state index in [2.05, 4.69) is 37.1 Å². The zero-order valence-corrected chi connectivity index (χ0v) is 15.9. The first-order valence-corrected chi connectivity index (χ1v) is 9.94. The van der Waals surface area contributed by atoms with Gasteiger partial charge >= 0.3 is 0 Å². The van der Waals surface area contributed by atoms with Crippen molar-refractivity contribution in [3.63, 3.8) is 0 Å². The van der Waals surface area contributed by atoms with E-state index in [-0.39, 0.29) is 12.1 Å². The van der Waals surface area contributed by atoms with Crippen LogP contribution in [0.15, 0.2) is 24.3 Å². The molecule has 140 valence electrons. The summed E-state index contributed by atoms with van der Waals surface area (Å²) >= 11 is 0. The van der Waals surface area contributed by atoms with Crippen molar-refractivity contribution in [2.24, 2.45) is 0 Å². The molecule has 1 heterocycles. The molecule has 0 amide bonds. The Bertz CT molecular complexity index is 540. The smallest absolute Gasteiger partial charge is 0.126 e. The zero-order chi connectivity index (χ0) is 17.8. The van der Waals surface area contributed by atoms with E-state index in [1.165, 1.54) is 18.4 Å². The van der Waals surface area contributed by atoms with Crippen LogP contribution < -0.4 is 10.1 Å². The van der Waals surface area contributed by atoms with Crippen LogP contribution >= 0.6 is 0 Å². The Morgan fingerprint density at radius 1 is 1.16 bits per heavy atom. The molecule has 25 heavy (non-hydrogen) atoms. The van der Waals surface area contributed by atoms with Crippen molar-refractivity contribution in [3.8, 4) is 5.75 Å². The monoisotopic (exact) mass is 346 g/mol. The second-order valence-corrected chi connectivity index (χ2v) is 8.07. The maximum Gasteiger partial charge on any atom is 0.126 e. The molecule has 1 aliphatic carbocycles. The van der Waals surface area contributed by atoms with Crippen LogP contribution in [0.2, 0.25) is 0 Å². The lowest BCUT2D eigenvalue weighted by atomic mass is 9.88. The van der Waals surface area contributed by atoms with Gasteiger partial charge in [-0.1, -0.05) is 12.1 Å². The number of nitrogens with one attached hydrogen (secondary N) is 1. The van der Waals surface area contributed by atoms with Gasteiger partial charge in [-0.05, 0) is 83.7 Å². The van der Waals surface area contributed by atoms with Crippen LogP contribution in [0.25, 0.3) is 0 Å². The largest absolute Gasteiger partial charge is 0.488 e. The molecule has 0 bridgehead atoms. The van der Waals surface area contributed by atoms with Crippen LogP contribution in [0.3, 0.4) is 0 Å². The minimum atomic E-state index is -0.433. The molecule has 3 rings (SSSR count). The van der Waals surface area contributed by atoms with Gasteiger partial charge in [0, 0.05) is 18.1 Å². The molecule has 4 nitrogen and oxygen atoms in total. The Kier molecular flexibility index (Phi) is 6.37. The molecular weight excluding hydrogens is 312 g/mol. The van der Waals surface area contributed by atoms with Crippen LogP contribution in [0.4, 0.5) is 0 Å². The van der Waals surface area contributed by atoms with Crippen LogP contribution in [0, 0.1) is 6.92 Å². The van der Waals surface area contributed by atoms with Gasteiger partial charge in [-0.2, -0.15) is 0 Å². The molecule has 2 fully saturated rings. The minimum absolute atomic E-state index is 0.108. The highest BCUT2D eigenvalue weighted by atomic mass is 16.5. The predicted octanol–water partition coefficient (Wildman–Crippen LogP) is 3.12. The minimum Gasteiger partial charge on any atom is -0.488 e. The summed E-state index contributed by atoms with van der Waals surface area (Å²) in [5, 5.41) is 14.6. The number of benzene rings is 1. The first-order chi connectivity index (χ1) is 12.0. The number of rotatable bonds is 5. The Morgan fingerprint density at radius 2 is 1.92 bits per heavy atom. The fourth-order valence-corrected chi connectivity index (χ4v) is 4.20. The standard InChI is InChI=1S/C21H34N2O2/c1-15(2)23-12-10-17(11-13-23)22-19-8-5-9-20(21(19)24)25-18-7-4-6-16(3)14-18/h4,6-7,14-15,17,19-22,24H,5,8-13H2,1-3H3/t19-,20+,21+/m0/s1. The highest BCUT2D eigenvalue weighted by molar-refractivity contribution is 5.27. The maximum absolute atomic E-state index is 10.8.